The van der Waals surface area contributed by atoms with Crippen LogP contribution in [0.5, 0.6) is 5.75 Å². The number of nitrogens with zero attached hydrogens (tertiary/aromatic N) is 2. The van der Waals surface area contributed by atoms with Crippen molar-refractivity contribution in [3.8, 4) is 11.8 Å². The molecule has 0 radical (unpaired) electrons. The first kappa shape index (κ1) is 11.7. The van der Waals surface area contributed by atoms with E-state index in [0.29, 0.717) is 6.29 Å². The lowest BCUT2D eigenvalue weighted by atomic mass is 10.1. The summed E-state index contributed by atoms with van der Waals surface area (Å²) >= 11 is 0. The van der Waals surface area contributed by atoms with Crippen molar-refractivity contribution >= 4 is 12.0 Å². The number of aldehydes is 1. The number of carbonyl (C=O) groups excluding carboxylic acids is 1. The summed E-state index contributed by atoms with van der Waals surface area (Å²) in [5.74, 6) is 0.228. The summed E-state index contributed by atoms with van der Waals surface area (Å²) in [6.07, 6.45) is 0.369. The molecule has 0 saturated carbocycles. The smallest absolute Gasteiger partial charge is 0.274 e. The van der Waals surface area contributed by atoms with Crippen molar-refractivity contribution < 1.29 is 14.5 Å². The van der Waals surface area contributed by atoms with Gasteiger partial charge >= 0.3 is 0 Å². The number of nitro groups is 1. The van der Waals surface area contributed by atoms with Gasteiger partial charge in [0, 0.05) is 11.6 Å². The van der Waals surface area contributed by atoms with Crippen LogP contribution in [0.4, 0.5) is 5.69 Å². The zero-order valence-electron chi connectivity index (χ0n) is 8.47. The number of ether oxygens (including phenoxy) is 1. The summed E-state index contributed by atoms with van der Waals surface area (Å²) in [5.41, 5.74) is 0.0790. The van der Waals surface area contributed by atoms with Gasteiger partial charge in [-0.05, 0) is 6.07 Å². The maximum atomic E-state index is 10.7. The van der Waals surface area contributed by atoms with Gasteiger partial charge < -0.3 is 4.74 Å². The van der Waals surface area contributed by atoms with Crippen molar-refractivity contribution in [1.29, 1.82) is 5.26 Å². The molecule has 0 aromatic heterocycles. The van der Waals surface area contributed by atoms with Crippen LogP contribution in [-0.2, 0) is 6.42 Å². The minimum absolute atomic E-state index is 0.0934. The maximum absolute atomic E-state index is 10.7. The summed E-state index contributed by atoms with van der Waals surface area (Å²) < 4.78 is 4.89. The number of nitro benzene ring substituents is 1. The number of hydrogen-bond acceptors (Lipinski definition) is 5. The van der Waals surface area contributed by atoms with E-state index >= 15 is 0 Å². The normalized spacial score (nSPS) is 9.25. The molecule has 0 unspecified atom stereocenters. The maximum Gasteiger partial charge on any atom is 0.274 e. The van der Waals surface area contributed by atoms with Crippen LogP contribution in [0.3, 0.4) is 0 Å². The Morgan fingerprint density at radius 2 is 2.31 bits per heavy atom. The molecule has 82 valence electrons. The SMILES string of the molecule is COc1cc(CC#N)c([N+](=O)[O-])cc1C=O. The van der Waals surface area contributed by atoms with Crippen LogP contribution < -0.4 is 4.74 Å². The zero-order valence-corrected chi connectivity index (χ0v) is 8.47. The van der Waals surface area contributed by atoms with Crippen molar-refractivity contribution in [3.63, 3.8) is 0 Å². The monoisotopic (exact) mass is 220 g/mol. The summed E-state index contributed by atoms with van der Waals surface area (Å²) in [7, 11) is 1.35. The Morgan fingerprint density at radius 1 is 1.62 bits per heavy atom. The van der Waals surface area contributed by atoms with Gasteiger partial charge in [0.25, 0.3) is 5.69 Å². The molecule has 0 N–H and O–H groups in total. The number of benzene rings is 1. The highest BCUT2D eigenvalue weighted by atomic mass is 16.6. The van der Waals surface area contributed by atoms with Crippen LogP contribution in [0, 0.1) is 21.4 Å². The minimum Gasteiger partial charge on any atom is -0.496 e. The van der Waals surface area contributed by atoms with E-state index in [-0.39, 0.29) is 29.0 Å². The van der Waals surface area contributed by atoms with E-state index in [0.717, 1.165) is 6.07 Å². The lowest BCUT2D eigenvalue weighted by Gasteiger charge is -2.05. The van der Waals surface area contributed by atoms with Crippen molar-refractivity contribution in [2.75, 3.05) is 7.11 Å². The number of rotatable bonds is 4. The van der Waals surface area contributed by atoms with Crippen LogP contribution in [0.15, 0.2) is 12.1 Å². The van der Waals surface area contributed by atoms with Crippen LogP contribution in [0.2, 0.25) is 0 Å². The van der Waals surface area contributed by atoms with E-state index in [1.54, 1.807) is 0 Å². The molecule has 16 heavy (non-hydrogen) atoms. The first-order valence-electron chi connectivity index (χ1n) is 4.31. The average molecular weight is 220 g/mol. The Labute approximate surface area is 91.2 Å². The van der Waals surface area contributed by atoms with Crippen LogP contribution >= 0.6 is 0 Å². The predicted octanol–water partition coefficient (Wildman–Crippen LogP) is 1.48. The second-order valence-electron chi connectivity index (χ2n) is 2.93. The largest absolute Gasteiger partial charge is 0.496 e. The first-order valence-corrected chi connectivity index (χ1v) is 4.31. The Bertz CT molecular complexity index is 476. The summed E-state index contributed by atoms with van der Waals surface area (Å²) in [6, 6.07) is 4.27. The van der Waals surface area contributed by atoms with Gasteiger partial charge in [-0.1, -0.05) is 0 Å². The second kappa shape index (κ2) is 4.89. The Kier molecular flexibility index (Phi) is 3.56. The third-order valence-electron chi connectivity index (χ3n) is 2.02. The van der Waals surface area contributed by atoms with Crippen molar-refractivity contribution in [2.24, 2.45) is 0 Å². The molecule has 0 aliphatic heterocycles. The van der Waals surface area contributed by atoms with E-state index in [9.17, 15) is 14.9 Å². The fraction of sp³-hybridized carbons (Fsp3) is 0.200. The second-order valence-corrected chi connectivity index (χ2v) is 2.93. The molecule has 0 atom stereocenters. The lowest BCUT2D eigenvalue weighted by molar-refractivity contribution is -0.385. The molecule has 0 aliphatic carbocycles. The number of carbonyl (C=O) groups is 1. The van der Waals surface area contributed by atoms with E-state index < -0.39 is 4.92 Å². The highest BCUT2D eigenvalue weighted by molar-refractivity contribution is 5.81. The zero-order chi connectivity index (χ0) is 12.1. The van der Waals surface area contributed by atoms with Crippen LogP contribution in [0.25, 0.3) is 0 Å². The van der Waals surface area contributed by atoms with Gasteiger partial charge in [-0.15, -0.1) is 0 Å². The Balaban J connectivity index is 3.42. The van der Waals surface area contributed by atoms with E-state index in [1.807, 2.05) is 6.07 Å². The summed E-state index contributed by atoms with van der Waals surface area (Å²) in [4.78, 5) is 20.7. The average Bonchev–Trinajstić information content (AvgIpc) is 2.28. The van der Waals surface area contributed by atoms with Gasteiger partial charge in [0.15, 0.2) is 6.29 Å². The number of nitriles is 1. The van der Waals surface area contributed by atoms with E-state index in [2.05, 4.69) is 0 Å². The highest BCUT2D eigenvalue weighted by Gasteiger charge is 2.18. The van der Waals surface area contributed by atoms with Crippen LogP contribution in [0.1, 0.15) is 15.9 Å². The third-order valence-corrected chi connectivity index (χ3v) is 2.02. The predicted molar refractivity (Wildman–Crippen MR) is 54.4 cm³/mol. The highest BCUT2D eigenvalue weighted by Crippen LogP contribution is 2.27. The van der Waals surface area contributed by atoms with Gasteiger partial charge in [-0.25, -0.2) is 0 Å². The quantitative estimate of drug-likeness (QED) is 0.435. The number of methoxy groups -OCH3 is 1. The van der Waals surface area contributed by atoms with Crippen LogP contribution in [-0.4, -0.2) is 18.3 Å². The Morgan fingerprint density at radius 3 is 2.75 bits per heavy atom. The molecule has 0 amide bonds. The summed E-state index contributed by atoms with van der Waals surface area (Å²) in [6.45, 7) is 0. The topological polar surface area (TPSA) is 93.2 Å². The van der Waals surface area contributed by atoms with Gasteiger partial charge in [-0.2, -0.15) is 5.26 Å². The molecule has 0 heterocycles. The molecule has 1 aromatic carbocycles. The standard InChI is InChI=1S/C10H8N2O4/c1-16-10-5-7(2-3-11)9(12(14)15)4-8(10)6-13/h4-6H,2H2,1H3. The fourth-order valence-corrected chi connectivity index (χ4v) is 1.29. The fourth-order valence-electron chi connectivity index (χ4n) is 1.29. The van der Waals surface area contributed by atoms with Gasteiger partial charge in [-0.3, -0.25) is 14.9 Å². The van der Waals surface area contributed by atoms with Gasteiger partial charge in [0.1, 0.15) is 5.75 Å². The lowest BCUT2D eigenvalue weighted by Crippen LogP contribution is -1.99. The molecular formula is C10H8N2O4. The van der Waals surface area contributed by atoms with Gasteiger partial charge in [0.05, 0.1) is 30.1 Å². The first-order chi connectivity index (χ1) is 7.63. The molecule has 0 saturated heterocycles. The molecule has 0 fully saturated rings. The van der Waals surface area contributed by atoms with Crippen molar-refractivity contribution in [1.82, 2.24) is 0 Å². The molecule has 6 nitrogen and oxygen atoms in total. The van der Waals surface area contributed by atoms with Crippen molar-refractivity contribution in [2.45, 2.75) is 6.42 Å². The Hall–Kier alpha value is -2.42. The minimum atomic E-state index is -0.626. The van der Waals surface area contributed by atoms with E-state index in [4.69, 9.17) is 10.00 Å². The summed E-state index contributed by atoms with van der Waals surface area (Å²) in [5, 5.41) is 19.2. The van der Waals surface area contributed by atoms with E-state index in [1.165, 1.54) is 13.2 Å². The third kappa shape index (κ3) is 2.15. The molecule has 0 spiro atoms. The van der Waals surface area contributed by atoms with Gasteiger partial charge in [0.2, 0.25) is 0 Å². The number of hydrogen-bond donors (Lipinski definition) is 0. The van der Waals surface area contributed by atoms with Crippen molar-refractivity contribution in [3.05, 3.63) is 33.4 Å². The molecular weight excluding hydrogens is 212 g/mol. The molecule has 0 bridgehead atoms. The molecule has 1 rings (SSSR count). The molecule has 0 aliphatic rings. The molecule has 1 aromatic rings. The molecule has 6 heteroatoms.